The van der Waals surface area contributed by atoms with Gasteiger partial charge in [0.05, 0.1) is 18.9 Å². The number of benzene rings is 2. The van der Waals surface area contributed by atoms with Gasteiger partial charge in [-0.1, -0.05) is 24.3 Å². The molecule has 0 fully saturated rings. The van der Waals surface area contributed by atoms with Crippen LogP contribution in [0.25, 0.3) is 11.1 Å². The molecule has 0 aliphatic carbocycles. The van der Waals surface area contributed by atoms with Crippen molar-refractivity contribution in [1.29, 1.82) is 5.41 Å². The molecule has 156 valence electrons. The second kappa shape index (κ2) is 8.50. The van der Waals surface area contributed by atoms with Gasteiger partial charge >= 0.3 is 6.09 Å². The zero-order valence-corrected chi connectivity index (χ0v) is 18.5. The highest BCUT2D eigenvalue weighted by molar-refractivity contribution is 8.01. The molecule has 10 heteroatoms. The van der Waals surface area contributed by atoms with Crippen LogP contribution in [0.5, 0.6) is 0 Å². The van der Waals surface area contributed by atoms with Gasteiger partial charge in [0, 0.05) is 11.3 Å². The van der Waals surface area contributed by atoms with E-state index in [2.05, 4.69) is 0 Å². The largest absolute Gasteiger partial charge is 0.465 e. The minimum Gasteiger partial charge on any atom is -0.465 e. The van der Waals surface area contributed by atoms with Crippen LogP contribution in [0.3, 0.4) is 0 Å². The number of nitrogen functional groups attached to an aromatic ring is 1. The predicted molar refractivity (Wildman–Crippen MR) is 121 cm³/mol. The Morgan fingerprint density at radius 1 is 1.20 bits per heavy atom. The van der Waals surface area contributed by atoms with E-state index in [1.165, 1.54) is 23.9 Å². The number of nitrogens with one attached hydrogen (secondary N) is 2. The van der Waals surface area contributed by atoms with Crippen molar-refractivity contribution in [2.75, 3.05) is 12.0 Å². The van der Waals surface area contributed by atoms with Crippen LogP contribution in [-0.4, -0.2) is 31.7 Å². The third-order valence-corrected chi connectivity index (χ3v) is 8.68. The summed E-state index contributed by atoms with van der Waals surface area (Å²) in [5.41, 5.74) is 9.07. The molecule has 1 amide bonds. The first-order chi connectivity index (χ1) is 14.1. The Labute approximate surface area is 182 Å². The Kier molecular flexibility index (Phi) is 6.20. The van der Waals surface area contributed by atoms with E-state index in [0.717, 1.165) is 22.5 Å². The second-order valence-electron chi connectivity index (χ2n) is 6.34. The van der Waals surface area contributed by atoms with E-state index in [0.29, 0.717) is 15.5 Å². The summed E-state index contributed by atoms with van der Waals surface area (Å²) in [7, 11) is -3.90. The molecule has 3 aromatic rings. The standard InChI is InChI=1S/C20H19N3O4S3/c1-11-5-3-8-14(21)17(11)12-6-4-7-13(9-12)30(26,27)16-10-15(29-19(16)28-2)18(22)23-20(24)25/h3-10H,21H2,1-2H3,(H2,22,23)(H,24,25). The van der Waals surface area contributed by atoms with Crippen LogP contribution in [0, 0.1) is 12.3 Å². The third kappa shape index (κ3) is 4.20. The molecule has 5 N–H and O–H groups in total. The number of amidine groups is 1. The molecular formula is C20H19N3O4S3. The van der Waals surface area contributed by atoms with Crippen molar-refractivity contribution in [3.63, 3.8) is 0 Å². The average Bonchev–Trinajstić information content (AvgIpc) is 3.13. The number of thioether (sulfide) groups is 1. The first kappa shape index (κ1) is 21.9. The third-order valence-electron chi connectivity index (χ3n) is 4.36. The molecule has 0 aliphatic rings. The summed E-state index contributed by atoms with van der Waals surface area (Å²) in [4.78, 5) is 11.2. The number of thiophene rings is 1. The normalized spacial score (nSPS) is 11.3. The highest BCUT2D eigenvalue weighted by Crippen LogP contribution is 2.38. The summed E-state index contributed by atoms with van der Waals surface area (Å²) < 4.78 is 27.2. The maximum absolute atomic E-state index is 13.4. The van der Waals surface area contributed by atoms with E-state index in [4.69, 9.17) is 16.2 Å². The SMILES string of the molecule is CSc1sc(C(=N)NC(=O)O)cc1S(=O)(=O)c1cccc(-c2c(C)cccc2N)c1. The fourth-order valence-electron chi connectivity index (χ4n) is 3.01. The van der Waals surface area contributed by atoms with Crippen molar-refractivity contribution in [2.24, 2.45) is 0 Å². The number of hydrogen-bond acceptors (Lipinski definition) is 7. The molecule has 2 aromatic carbocycles. The number of hydrogen-bond donors (Lipinski definition) is 4. The van der Waals surface area contributed by atoms with E-state index < -0.39 is 15.9 Å². The van der Waals surface area contributed by atoms with Gasteiger partial charge in [-0.05, 0) is 48.6 Å². The van der Waals surface area contributed by atoms with Gasteiger partial charge in [-0.3, -0.25) is 10.7 Å². The highest BCUT2D eigenvalue weighted by atomic mass is 32.2. The molecule has 3 rings (SSSR count). The molecule has 0 radical (unpaired) electrons. The second-order valence-corrected chi connectivity index (χ2v) is 10.4. The lowest BCUT2D eigenvalue weighted by molar-refractivity contribution is 0.200. The molecular weight excluding hydrogens is 442 g/mol. The van der Waals surface area contributed by atoms with Crippen LogP contribution < -0.4 is 11.1 Å². The van der Waals surface area contributed by atoms with Crippen LogP contribution in [-0.2, 0) is 9.84 Å². The van der Waals surface area contributed by atoms with E-state index >= 15 is 0 Å². The number of rotatable bonds is 5. The Morgan fingerprint density at radius 3 is 2.53 bits per heavy atom. The lowest BCUT2D eigenvalue weighted by atomic mass is 9.99. The molecule has 0 atom stereocenters. The maximum atomic E-state index is 13.4. The van der Waals surface area contributed by atoms with E-state index in [1.54, 1.807) is 30.5 Å². The number of sulfone groups is 1. The summed E-state index contributed by atoms with van der Waals surface area (Å²) in [5.74, 6) is -0.370. The minimum atomic E-state index is -3.90. The molecule has 0 aliphatic heterocycles. The van der Waals surface area contributed by atoms with Crippen molar-refractivity contribution in [2.45, 2.75) is 20.9 Å². The average molecular weight is 462 g/mol. The predicted octanol–water partition coefficient (Wildman–Crippen LogP) is 4.45. The van der Waals surface area contributed by atoms with Crippen molar-refractivity contribution < 1.29 is 18.3 Å². The lowest BCUT2D eigenvalue weighted by Gasteiger charge is -2.11. The number of nitrogens with two attached hydrogens (primary N) is 1. The quantitative estimate of drug-likeness (QED) is 0.192. The highest BCUT2D eigenvalue weighted by Gasteiger charge is 2.26. The fraction of sp³-hybridized carbons (Fsp3) is 0.100. The van der Waals surface area contributed by atoms with Crippen LogP contribution >= 0.6 is 23.1 Å². The van der Waals surface area contributed by atoms with Gasteiger partial charge in [-0.2, -0.15) is 0 Å². The van der Waals surface area contributed by atoms with Crippen LogP contribution in [0.2, 0.25) is 0 Å². The Balaban J connectivity index is 2.10. The summed E-state index contributed by atoms with van der Waals surface area (Å²) in [6.45, 7) is 1.91. The number of aryl methyl sites for hydroxylation is 1. The fourth-order valence-corrected chi connectivity index (χ4v) is 6.96. The molecule has 1 aromatic heterocycles. The molecule has 0 saturated carbocycles. The van der Waals surface area contributed by atoms with Crippen molar-refractivity contribution in [1.82, 2.24) is 5.32 Å². The lowest BCUT2D eigenvalue weighted by Crippen LogP contribution is -2.27. The molecule has 1 heterocycles. The van der Waals surface area contributed by atoms with Gasteiger partial charge in [0.15, 0.2) is 0 Å². The summed E-state index contributed by atoms with van der Waals surface area (Å²) in [5, 5.41) is 18.6. The number of anilines is 1. The van der Waals surface area contributed by atoms with Gasteiger partial charge in [0.1, 0.15) is 5.84 Å². The Hall–Kier alpha value is -2.82. The van der Waals surface area contributed by atoms with Crippen LogP contribution in [0.4, 0.5) is 10.5 Å². The van der Waals surface area contributed by atoms with Crippen LogP contribution in [0.1, 0.15) is 10.4 Å². The molecule has 0 bridgehead atoms. The molecule has 0 saturated heterocycles. The molecule has 30 heavy (non-hydrogen) atoms. The Bertz CT molecular complexity index is 1230. The molecule has 7 nitrogen and oxygen atoms in total. The number of carboxylic acid groups (broad SMARTS) is 1. The summed E-state index contributed by atoms with van der Waals surface area (Å²) in [6.07, 6.45) is 0.347. The van der Waals surface area contributed by atoms with Gasteiger partial charge in [-0.15, -0.1) is 23.1 Å². The zero-order valence-electron chi connectivity index (χ0n) is 16.1. The summed E-state index contributed by atoms with van der Waals surface area (Å²) >= 11 is 2.28. The number of carbonyl (C=O) groups is 1. The Morgan fingerprint density at radius 2 is 1.90 bits per heavy atom. The van der Waals surface area contributed by atoms with Crippen molar-refractivity contribution in [3.05, 3.63) is 59.0 Å². The van der Waals surface area contributed by atoms with E-state index in [1.807, 2.05) is 24.4 Å². The molecule has 0 unspecified atom stereocenters. The van der Waals surface area contributed by atoms with Gasteiger partial charge in [-0.25, -0.2) is 13.2 Å². The number of amides is 1. The topological polar surface area (TPSA) is 133 Å². The van der Waals surface area contributed by atoms with Gasteiger partial charge < -0.3 is 10.8 Å². The van der Waals surface area contributed by atoms with Gasteiger partial charge in [0.25, 0.3) is 0 Å². The zero-order chi connectivity index (χ0) is 22.1. The smallest absolute Gasteiger partial charge is 0.410 e. The summed E-state index contributed by atoms with van der Waals surface area (Å²) in [6, 6.07) is 13.4. The first-order valence-corrected chi connectivity index (χ1v) is 12.1. The van der Waals surface area contributed by atoms with E-state index in [9.17, 15) is 13.2 Å². The maximum Gasteiger partial charge on any atom is 0.410 e. The molecule has 0 spiro atoms. The van der Waals surface area contributed by atoms with Crippen molar-refractivity contribution in [3.8, 4) is 11.1 Å². The minimum absolute atomic E-state index is 0.0434. The first-order valence-electron chi connectivity index (χ1n) is 8.62. The van der Waals surface area contributed by atoms with Crippen LogP contribution in [0.15, 0.2) is 62.5 Å². The van der Waals surface area contributed by atoms with Gasteiger partial charge in [0.2, 0.25) is 9.84 Å². The monoisotopic (exact) mass is 461 g/mol. The van der Waals surface area contributed by atoms with E-state index in [-0.39, 0.29) is 20.5 Å². The van der Waals surface area contributed by atoms with Crippen molar-refractivity contribution >= 4 is 50.6 Å².